The molecule has 4 N–H and O–H groups in total. The zero-order chi connectivity index (χ0) is 14.9. The molecule has 1 aliphatic heterocycles. The van der Waals surface area contributed by atoms with Crippen molar-refractivity contribution in [2.45, 2.75) is 24.5 Å². The number of carbonyl (C=O) groups is 1. The van der Waals surface area contributed by atoms with Crippen molar-refractivity contribution < 1.29 is 29.6 Å². The van der Waals surface area contributed by atoms with Gasteiger partial charge >= 0.3 is 5.69 Å². The minimum absolute atomic E-state index is 0.00328. The summed E-state index contributed by atoms with van der Waals surface area (Å²) in [6.45, 7) is -0.568. The number of hydrogen-bond acceptors (Lipinski definition) is 8. The van der Waals surface area contributed by atoms with E-state index in [4.69, 9.17) is 9.84 Å². The van der Waals surface area contributed by atoms with Crippen molar-refractivity contribution in [2.24, 2.45) is 0 Å². The third-order valence-electron chi connectivity index (χ3n) is 2.90. The Morgan fingerprint density at radius 2 is 2.10 bits per heavy atom. The normalized spacial score (nSPS) is 29.4. The third-order valence-corrected chi connectivity index (χ3v) is 2.90. The second-order valence-corrected chi connectivity index (χ2v) is 4.10. The number of carbonyl (C=O) groups excluding carboxylic acids is 1. The van der Waals surface area contributed by atoms with Crippen LogP contribution in [0.15, 0.2) is 15.8 Å². The van der Waals surface area contributed by atoms with Crippen LogP contribution in [-0.4, -0.2) is 56.3 Å². The van der Waals surface area contributed by atoms with Crippen LogP contribution in [0.1, 0.15) is 6.23 Å². The van der Waals surface area contributed by atoms with E-state index >= 15 is 0 Å². The molecule has 1 fully saturated rings. The highest BCUT2D eigenvalue weighted by molar-refractivity contribution is 5.43. The molecule has 0 spiro atoms. The van der Waals surface area contributed by atoms with Gasteiger partial charge in [-0.05, 0) is 0 Å². The van der Waals surface area contributed by atoms with E-state index in [2.05, 4.69) is 4.74 Å². The molecule has 0 aliphatic carbocycles. The maximum absolute atomic E-state index is 11.7. The van der Waals surface area contributed by atoms with Gasteiger partial charge in [0.1, 0.15) is 18.3 Å². The molecule has 0 saturated carbocycles. The van der Waals surface area contributed by atoms with Gasteiger partial charge in [-0.25, -0.2) is 4.79 Å². The molecule has 1 saturated heterocycles. The molecule has 2 heterocycles. The summed E-state index contributed by atoms with van der Waals surface area (Å²) >= 11 is 0. The standard InChI is InChI=1S/C10H12N2O8/c13-2-5-6(15)7(16)9(20-5)12-1-4(19-3-14)8(17)11-10(12)18/h1,3,5-7,9,13,15-16H,2H2,(H,11,17,18)/t5-,6-,7-,9-/m1/s1. The Hall–Kier alpha value is -2.01. The van der Waals surface area contributed by atoms with Crippen LogP contribution in [0.4, 0.5) is 0 Å². The van der Waals surface area contributed by atoms with E-state index in [0.29, 0.717) is 0 Å². The van der Waals surface area contributed by atoms with Gasteiger partial charge < -0.3 is 24.8 Å². The van der Waals surface area contributed by atoms with Gasteiger partial charge in [0.2, 0.25) is 5.75 Å². The lowest BCUT2D eigenvalue weighted by Gasteiger charge is -2.17. The average Bonchev–Trinajstić information content (AvgIpc) is 2.70. The van der Waals surface area contributed by atoms with Gasteiger partial charge in [-0.15, -0.1) is 0 Å². The number of aliphatic hydroxyl groups excluding tert-OH is 3. The van der Waals surface area contributed by atoms with Crippen LogP contribution < -0.4 is 16.0 Å². The number of rotatable bonds is 4. The molecule has 10 heteroatoms. The predicted octanol–water partition coefficient (Wildman–Crippen LogP) is -3.32. The summed E-state index contributed by atoms with van der Waals surface area (Å²) in [4.78, 5) is 35.1. The maximum Gasteiger partial charge on any atom is 0.330 e. The first-order chi connectivity index (χ1) is 9.49. The second-order valence-electron chi connectivity index (χ2n) is 4.10. The quantitative estimate of drug-likeness (QED) is 0.420. The van der Waals surface area contributed by atoms with E-state index in [1.165, 1.54) is 0 Å². The summed E-state index contributed by atoms with van der Waals surface area (Å²) in [6, 6.07) is 0. The van der Waals surface area contributed by atoms with Crippen molar-refractivity contribution in [1.29, 1.82) is 0 Å². The van der Waals surface area contributed by atoms with Gasteiger partial charge in [-0.1, -0.05) is 0 Å². The van der Waals surface area contributed by atoms with Crippen molar-refractivity contribution in [2.75, 3.05) is 6.61 Å². The summed E-state index contributed by atoms with van der Waals surface area (Å²) in [5.41, 5.74) is -1.85. The zero-order valence-electron chi connectivity index (χ0n) is 10.0. The zero-order valence-corrected chi connectivity index (χ0v) is 10.0. The van der Waals surface area contributed by atoms with Gasteiger partial charge in [0, 0.05) is 0 Å². The highest BCUT2D eigenvalue weighted by Gasteiger charge is 2.43. The smallest absolute Gasteiger partial charge is 0.330 e. The third kappa shape index (κ3) is 2.36. The van der Waals surface area contributed by atoms with E-state index in [1.807, 2.05) is 4.98 Å². The molecule has 20 heavy (non-hydrogen) atoms. The first-order valence-corrected chi connectivity index (χ1v) is 5.57. The number of ether oxygens (including phenoxy) is 2. The Morgan fingerprint density at radius 1 is 1.40 bits per heavy atom. The fourth-order valence-corrected chi connectivity index (χ4v) is 1.90. The Balaban J connectivity index is 2.43. The Bertz CT molecular complexity index is 608. The van der Waals surface area contributed by atoms with E-state index in [0.717, 1.165) is 10.8 Å². The van der Waals surface area contributed by atoms with Crippen LogP contribution in [0.2, 0.25) is 0 Å². The molecule has 110 valence electrons. The molecule has 4 atom stereocenters. The van der Waals surface area contributed by atoms with Crippen LogP contribution in [0.5, 0.6) is 5.75 Å². The lowest BCUT2D eigenvalue weighted by Crippen LogP contribution is -2.38. The number of nitrogens with one attached hydrogen (secondary N) is 1. The first-order valence-electron chi connectivity index (χ1n) is 5.57. The van der Waals surface area contributed by atoms with E-state index < -0.39 is 48.1 Å². The SMILES string of the molecule is O=COc1cn([C@@H]2O[C@H](CO)[C@@H](O)[C@H]2O)c(=O)[nH]c1=O. The highest BCUT2D eigenvalue weighted by atomic mass is 16.6. The molecule has 0 aromatic carbocycles. The molecule has 1 aromatic heterocycles. The number of aliphatic hydroxyl groups is 3. The summed E-state index contributed by atoms with van der Waals surface area (Å²) < 4.78 is 10.2. The molecule has 1 aliphatic rings. The van der Waals surface area contributed by atoms with Gasteiger partial charge in [0.15, 0.2) is 6.23 Å². The molecule has 1 aromatic rings. The number of aromatic amines is 1. The molecule has 0 bridgehead atoms. The molecular weight excluding hydrogens is 276 g/mol. The fourth-order valence-electron chi connectivity index (χ4n) is 1.90. The first kappa shape index (κ1) is 14.4. The van der Waals surface area contributed by atoms with Gasteiger partial charge in [0.25, 0.3) is 12.0 Å². The topological polar surface area (TPSA) is 151 Å². The van der Waals surface area contributed by atoms with Gasteiger partial charge in [-0.3, -0.25) is 19.1 Å². The van der Waals surface area contributed by atoms with Gasteiger partial charge in [-0.2, -0.15) is 0 Å². The second kappa shape index (κ2) is 5.54. The van der Waals surface area contributed by atoms with Crippen LogP contribution >= 0.6 is 0 Å². The van der Waals surface area contributed by atoms with Crippen molar-refractivity contribution in [3.8, 4) is 5.75 Å². The summed E-state index contributed by atoms with van der Waals surface area (Å²) in [6.07, 6.45) is -4.44. The Labute approximate surface area is 110 Å². The van der Waals surface area contributed by atoms with E-state index in [1.54, 1.807) is 0 Å². The average molecular weight is 288 g/mol. The largest absolute Gasteiger partial charge is 0.421 e. The van der Waals surface area contributed by atoms with Crippen LogP contribution in [0, 0.1) is 0 Å². The minimum atomic E-state index is -1.50. The maximum atomic E-state index is 11.7. The van der Waals surface area contributed by atoms with Crippen molar-refractivity contribution in [3.63, 3.8) is 0 Å². The lowest BCUT2D eigenvalue weighted by atomic mass is 10.1. The number of H-pyrrole nitrogens is 1. The van der Waals surface area contributed by atoms with Crippen molar-refractivity contribution in [3.05, 3.63) is 27.0 Å². The van der Waals surface area contributed by atoms with Crippen LogP contribution in [0.25, 0.3) is 0 Å². The monoisotopic (exact) mass is 288 g/mol. The lowest BCUT2D eigenvalue weighted by molar-refractivity contribution is -0.120. The van der Waals surface area contributed by atoms with E-state index in [9.17, 15) is 24.6 Å². The van der Waals surface area contributed by atoms with Crippen molar-refractivity contribution in [1.82, 2.24) is 9.55 Å². The summed E-state index contributed by atoms with van der Waals surface area (Å²) in [5, 5.41) is 28.3. The minimum Gasteiger partial charge on any atom is -0.421 e. The molecule has 2 rings (SSSR count). The number of nitrogens with zero attached hydrogens (tertiary/aromatic N) is 1. The van der Waals surface area contributed by atoms with Crippen LogP contribution in [-0.2, 0) is 9.53 Å². The summed E-state index contributed by atoms with van der Waals surface area (Å²) in [5.74, 6) is -0.475. The fraction of sp³-hybridized carbons (Fsp3) is 0.500. The number of aromatic nitrogens is 2. The van der Waals surface area contributed by atoms with Crippen molar-refractivity contribution >= 4 is 6.47 Å². The molecule has 0 amide bonds. The Kier molecular flexibility index (Phi) is 3.99. The predicted molar refractivity (Wildman–Crippen MR) is 61.0 cm³/mol. The number of hydrogen-bond donors (Lipinski definition) is 4. The molecule has 10 nitrogen and oxygen atoms in total. The van der Waals surface area contributed by atoms with E-state index in [-0.39, 0.29) is 6.47 Å². The molecular formula is C10H12N2O8. The molecule has 0 unspecified atom stereocenters. The summed E-state index contributed by atoms with van der Waals surface area (Å²) in [7, 11) is 0. The molecule has 0 radical (unpaired) electrons. The van der Waals surface area contributed by atoms with Crippen LogP contribution in [0.3, 0.4) is 0 Å². The highest BCUT2D eigenvalue weighted by Crippen LogP contribution is 2.28. The Morgan fingerprint density at radius 3 is 2.65 bits per heavy atom. The van der Waals surface area contributed by atoms with Gasteiger partial charge in [0.05, 0.1) is 12.8 Å².